The highest BCUT2D eigenvalue weighted by Gasteiger charge is 2.46. The third kappa shape index (κ3) is 2.19. The molecule has 2 heteroatoms. The molecule has 1 atom stereocenters. The fraction of sp³-hybridized carbons (Fsp3) is 0.538. The molecule has 1 fully saturated rings. The van der Waals surface area contributed by atoms with Crippen molar-refractivity contribution < 1.29 is 0 Å². The summed E-state index contributed by atoms with van der Waals surface area (Å²) < 4.78 is 0. The van der Waals surface area contributed by atoms with Crippen molar-refractivity contribution in [1.82, 2.24) is 5.32 Å². The second-order valence-electron chi connectivity index (χ2n) is 4.64. The Bertz CT molecular complexity index is 344. The second-order valence-corrected chi connectivity index (χ2v) is 5.05. The van der Waals surface area contributed by atoms with E-state index < -0.39 is 0 Å². The van der Waals surface area contributed by atoms with E-state index in [1.54, 1.807) is 0 Å². The molecule has 0 bridgehead atoms. The van der Waals surface area contributed by atoms with Crippen molar-refractivity contribution in [3.8, 4) is 0 Å². The molecule has 0 heterocycles. The van der Waals surface area contributed by atoms with Crippen LogP contribution in [0.25, 0.3) is 0 Å². The summed E-state index contributed by atoms with van der Waals surface area (Å²) in [4.78, 5) is 0. The van der Waals surface area contributed by atoms with Gasteiger partial charge in [-0.2, -0.15) is 0 Å². The summed E-state index contributed by atoms with van der Waals surface area (Å²) in [6.45, 7) is 2.27. The van der Waals surface area contributed by atoms with Crippen LogP contribution in [-0.2, 0) is 6.42 Å². The summed E-state index contributed by atoms with van der Waals surface area (Å²) in [6, 6.07) is 8.77. The van der Waals surface area contributed by atoms with Crippen molar-refractivity contribution in [2.45, 2.75) is 32.2 Å². The van der Waals surface area contributed by atoms with E-state index in [9.17, 15) is 0 Å². The van der Waals surface area contributed by atoms with Gasteiger partial charge in [0.2, 0.25) is 0 Å². The molecule has 1 aromatic carbocycles. The number of rotatable bonds is 4. The molecule has 82 valence electrons. The molecule has 1 aliphatic rings. The van der Waals surface area contributed by atoms with E-state index in [0.29, 0.717) is 11.5 Å². The van der Waals surface area contributed by atoms with Crippen molar-refractivity contribution in [1.29, 1.82) is 0 Å². The molecule has 0 saturated heterocycles. The molecule has 15 heavy (non-hydrogen) atoms. The minimum atomic E-state index is 0.458. The molecule has 1 N–H and O–H groups in total. The van der Waals surface area contributed by atoms with Crippen LogP contribution in [0, 0.1) is 5.41 Å². The first-order valence-electron chi connectivity index (χ1n) is 5.59. The molecule has 1 unspecified atom stereocenters. The topological polar surface area (TPSA) is 12.0 Å². The van der Waals surface area contributed by atoms with E-state index in [2.05, 4.69) is 24.4 Å². The first-order chi connectivity index (χ1) is 7.18. The first kappa shape index (κ1) is 11.0. The van der Waals surface area contributed by atoms with Crippen molar-refractivity contribution in [2.24, 2.45) is 5.41 Å². The highest BCUT2D eigenvalue weighted by molar-refractivity contribution is 6.31. The summed E-state index contributed by atoms with van der Waals surface area (Å²) in [5.74, 6) is 0. The standard InChI is InChI=1S/C13H18ClN/c1-10(15-2)13(7-8-13)9-11-5-3-4-6-12(11)14/h3-6,10,15H,7-9H2,1-2H3. The molecule has 1 aliphatic carbocycles. The monoisotopic (exact) mass is 223 g/mol. The van der Waals surface area contributed by atoms with Gasteiger partial charge in [0.1, 0.15) is 0 Å². The number of nitrogens with one attached hydrogen (secondary N) is 1. The number of halogens is 1. The predicted octanol–water partition coefficient (Wildman–Crippen LogP) is 3.27. The van der Waals surface area contributed by atoms with E-state index in [0.717, 1.165) is 11.4 Å². The SMILES string of the molecule is CNC(C)C1(Cc2ccccc2Cl)CC1. The van der Waals surface area contributed by atoms with E-state index in [1.165, 1.54) is 18.4 Å². The zero-order valence-electron chi connectivity index (χ0n) is 9.39. The zero-order valence-corrected chi connectivity index (χ0v) is 10.1. The van der Waals surface area contributed by atoms with Crippen molar-refractivity contribution in [2.75, 3.05) is 7.05 Å². The Labute approximate surface area is 96.8 Å². The largest absolute Gasteiger partial charge is 0.317 e. The third-order valence-corrected chi connectivity index (χ3v) is 4.11. The highest BCUT2D eigenvalue weighted by Crippen LogP contribution is 2.51. The van der Waals surface area contributed by atoms with Gasteiger partial charge in [0.15, 0.2) is 0 Å². The van der Waals surface area contributed by atoms with E-state index in [4.69, 9.17) is 11.6 Å². The van der Waals surface area contributed by atoms with E-state index >= 15 is 0 Å². The lowest BCUT2D eigenvalue weighted by Gasteiger charge is -2.23. The van der Waals surface area contributed by atoms with Gasteiger partial charge in [0, 0.05) is 11.1 Å². The van der Waals surface area contributed by atoms with Crippen LogP contribution in [0.5, 0.6) is 0 Å². The lowest BCUT2D eigenvalue weighted by molar-refractivity contribution is 0.369. The third-order valence-electron chi connectivity index (χ3n) is 3.74. The molecule has 1 aromatic rings. The Balaban J connectivity index is 2.12. The van der Waals surface area contributed by atoms with Crippen LogP contribution in [0.15, 0.2) is 24.3 Å². The van der Waals surface area contributed by atoms with Gasteiger partial charge < -0.3 is 5.32 Å². The average molecular weight is 224 g/mol. The number of hydrogen-bond acceptors (Lipinski definition) is 1. The smallest absolute Gasteiger partial charge is 0.0438 e. The maximum atomic E-state index is 6.19. The summed E-state index contributed by atoms with van der Waals surface area (Å²) in [5.41, 5.74) is 1.75. The molecule has 1 saturated carbocycles. The Kier molecular flexibility index (Phi) is 3.03. The molecule has 0 amide bonds. The van der Waals surface area contributed by atoms with Crippen molar-refractivity contribution in [3.05, 3.63) is 34.9 Å². The average Bonchev–Trinajstić information content (AvgIpc) is 3.01. The Morgan fingerprint density at radius 3 is 2.60 bits per heavy atom. The fourth-order valence-electron chi connectivity index (χ4n) is 2.25. The fourth-order valence-corrected chi connectivity index (χ4v) is 2.45. The van der Waals surface area contributed by atoms with E-state index in [-0.39, 0.29) is 0 Å². The van der Waals surface area contributed by atoms with Crippen LogP contribution in [0.1, 0.15) is 25.3 Å². The van der Waals surface area contributed by atoms with Gasteiger partial charge in [0.25, 0.3) is 0 Å². The summed E-state index contributed by atoms with van der Waals surface area (Å²) in [7, 11) is 2.04. The van der Waals surface area contributed by atoms with Crippen LogP contribution in [0.4, 0.5) is 0 Å². The summed E-state index contributed by atoms with van der Waals surface area (Å²) >= 11 is 6.19. The molecule has 0 spiro atoms. The quantitative estimate of drug-likeness (QED) is 0.826. The first-order valence-corrected chi connectivity index (χ1v) is 5.96. The lowest BCUT2D eigenvalue weighted by Crippen LogP contribution is -2.33. The van der Waals surface area contributed by atoms with E-state index in [1.807, 2.05) is 19.2 Å². The second kappa shape index (κ2) is 4.15. The van der Waals surface area contributed by atoms with Gasteiger partial charge >= 0.3 is 0 Å². The Hall–Kier alpha value is -0.530. The van der Waals surface area contributed by atoms with Gasteiger partial charge in [-0.15, -0.1) is 0 Å². The Morgan fingerprint density at radius 2 is 2.07 bits per heavy atom. The zero-order chi connectivity index (χ0) is 10.9. The number of benzene rings is 1. The molecular weight excluding hydrogens is 206 g/mol. The van der Waals surface area contributed by atoms with Gasteiger partial charge in [-0.3, -0.25) is 0 Å². The molecule has 1 nitrogen and oxygen atoms in total. The predicted molar refractivity (Wildman–Crippen MR) is 65.3 cm³/mol. The highest BCUT2D eigenvalue weighted by atomic mass is 35.5. The van der Waals surface area contributed by atoms with Crippen LogP contribution < -0.4 is 5.32 Å². The normalized spacial score (nSPS) is 19.9. The van der Waals surface area contributed by atoms with Crippen molar-refractivity contribution in [3.63, 3.8) is 0 Å². The molecular formula is C13H18ClN. The van der Waals surface area contributed by atoms with Crippen LogP contribution in [-0.4, -0.2) is 13.1 Å². The van der Waals surface area contributed by atoms with Gasteiger partial charge in [-0.1, -0.05) is 29.8 Å². The molecule has 0 aromatic heterocycles. The summed E-state index contributed by atoms with van der Waals surface area (Å²) in [6.07, 6.45) is 3.75. The summed E-state index contributed by atoms with van der Waals surface area (Å²) in [5, 5.41) is 4.27. The minimum absolute atomic E-state index is 0.458. The van der Waals surface area contributed by atoms with Crippen LogP contribution in [0.3, 0.4) is 0 Å². The molecule has 0 radical (unpaired) electrons. The number of hydrogen-bond donors (Lipinski definition) is 1. The van der Waals surface area contributed by atoms with Gasteiger partial charge in [-0.05, 0) is 50.3 Å². The molecule has 0 aliphatic heterocycles. The van der Waals surface area contributed by atoms with Crippen LogP contribution in [0.2, 0.25) is 5.02 Å². The maximum Gasteiger partial charge on any atom is 0.0438 e. The minimum Gasteiger partial charge on any atom is -0.317 e. The van der Waals surface area contributed by atoms with Gasteiger partial charge in [-0.25, -0.2) is 0 Å². The lowest BCUT2D eigenvalue weighted by atomic mass is 9.90. The maximum absolute atomic E-state index is 6.19. The van der Waals surface area contributed by atoms with Gasteiger partial charge in [0.05, 0.1) is 0 Å². The molecule has 2 rings (SSSR count). The van der Waals surface area contributed by atoms with Crippen molar-refractivity contribution >= 4 is 11.6 Å². The van der Waals surface area contributed by atoms with Crippen LogP contribution >= 0.6 is 11.6 Å². The Morgan fingerprint density at radius 1 is 1.40 bits per heavy atom.